The minimum Gasteiger partial charge on any atom is -0.341 e. The van der Waals surface area contributed by atoms with Gasteiger partial charge >= 0.3 is 0 Å². The molecule has 0 N–H and O–H groups in total. The lowest BCUT2D eigenvalue weighted by Crippen LogP contribution is -2.39. The lowest BCUT2D eigenvalue weighted by Gasteiger charge is -2.30. The summed E-state index contributed by atoms with van der Waals surface area (Å²) in [4.78, 5) is 15.0. The molecule has 1 aromatic carbocycles. The Morgan fingerprint density at radius 3 is 2.38 bits per heavy atom. The molecule has 2 atom stereocenters. The van der Waals surface area contributed by atoms with Crippen molar-refractivity contribution in [2.75, 3.05) is 19.0 Å². The Labute approximate surface area is 134 Å². The topological polar surface area (TPSA) is 20.3 Å². The van der Waals surface area contributed by atoms with Crippen LogP contribution in [0.4, 0.5) is 0 Å². The third kappa shape index (κ3) is 5.35. The van der Waals surface area contributed by atoms with Crippen LogP contribution >= 0.6 is 11.6 Å². The molecular formula is C18H28ClNO. The van der Waals surface area contributed by atoms with E-state index in [0.717, 1.165) is 31.4 Å². The lowest BCUT2D eigenvalue weighted by atomic mass is 9.84. The first kappa shape index (κ1) is 18.0. The third-order valence-corrected chi connectivity index (χ3v) is 4.25. The van der Waals surface area contributed by atoms with Gasteiger partial charge in [0.2, 0.25) is 5.91 Å². The number of carbonyl (C=O) groups is 1. The maximum absolute atomic E-state index is 13.0. The standard InChI is InChI=1S/C18H28ClNO/c1-4-6-13-20(14-12-19)18(21)17(15(3)5-2)16-10-8-7-9-11-16/h7-11,15,17H,4-6,12-14H2,1-3H3. The summed E-state index contributed by atoms with van der Waals surface area (Å²) in [6, 6.07) is 10.1. The van der Waals surface area contributed by atoms with E-state index in [0.29, 0.717) is 18.3 Å². The molecule has 118 valence electrons. The molecule has 1 aromatic rings. The van der Waals surface area contributed by atoms with Crippen molar-refractivity contribution in [1.82, 2.24) is 4.90 Å². The van der Waals surface area contributed by atoms with Gasteiger partial charge in [0.05, 0.1) is 5.92 Å². The zero-order valence-electron chi connectivity index (χ0n) is 13.5. The normalized spacial score (nSPS) is 13.7. The Balaban J connectivity index is 2.97. The molecule has 0 aliphatic rings. The van der Waals surface area contributed by atoms with E-state index in [1.54, 1.807) is 0 Å². The molecule has 2 unspecified atom stereocenters. The summed E-state index contributed by atoms with van der Waals surface area (Å²) in [5.74, 6) is 0.998. The summed E-state index contributed by atoms with van der Waals surface area (Å²) >= 11 is 5.89. The molecule has 0 bridgehead atoms. The third-order valence-electron chi connectivity index (χ3n) is 4.09. The molecule has 0 saturated carbocycles. The van der Waals surface area contributed by atoms with Crippen LogP contribution in [0.5, 0.6) is 0 Å². The van der Waals surface area contributed by atoms with Crippen LogP contribution < -0.4 is 0 Å². The van der Waals surface area contributed by atoms with Crippen LogP contribution in [0.2, 0.25) is 0 Å². The average Bonchev–Trinajstić information content (AvgIpc) is 2.52. The molecular weight excluding hydrogens is 282 g/mol. The number of halogens is 1. The average molecular weight is 310 g/mol. The molecule has 0 saturated heterocycles. The van der Waals surface area contributed by atoms with Crippen LogP contribution in [0.25, 0.3) is 0 Å². The van der Waals surface area contributed by atoms with Gasteiger partial charge in [-0.15, -0.1) is 11.6 Å². The predicted molar refractivity (Wildman–Crippen MR) is 90.8 cm³/mol. The van der Waals surface area contributed by atoms with Crippen LogP contribution in [0, 0.1) is 5.92 Å². The molecule has 0 radical (unpaired) electrons. The van der Waals surface area contributed by atoms with E-state index in [2.05, 4.69) is 32.9 Å². The number of rotatable bonds is 9. The molecule has 0 fully saturated rings. The Hall–Kier alpha value is -1.02. The van der Waals surface area contributed by atoms with E-state index < -0.39 is 0 Å². The molecule has 0 aliphatic heterocycles. The molecule has 0 spiro atoms. The lowest BCUT2D eigenvalue weighted by molar-refractivity contribution is -0.133. The van der Waals surface area contributed by atoms with Crippen LogP contribution in [0.1, 0.15) is 51.5 Å². The zero-order valence-corrected chi connectivity index (χ0v) is 14.3. The molecule has 1 rings (SSSR count). The maximum atomic E-state index is 13.0. The van der Waals surface area contributed by atoms with Crippen molar-refractivity contribution in [3.05, 3.63) is 35.9 Å². The molecule has 1 amide bonds. The highest BCUT2D eigenvalue weighted by atomic mass is 35.5. The van der Waals surface area contributed by atoms with Gasteiger partial charge in [0.1, 0.15) is 0 Å². The highest BCUT2D eigenvalue weighted by molar-refractivity contribution is 6.18. The zero-order chi connectivity index (χ0) is 15.7. The van der Waals surface area contributed by atoms with Gasteiger partial charge < -0.3 is 4.90 Å². The van der Waals surface area contributed by atoms with Crippen LogP contribution in [-0.4, -0.2) is 29.8 Å². The number of nitrogens with zero attached hydrogens (tertiary/aromatic N) is 1. The second-order valence-corrected chi connectivity index (χ2v) is 6.02. The van der Waals surface area contributed by atoms with Gasteiger partial charge in [-0.25, -0.2) is 0 Å². The largest absolute Gasteiger partial charge is 0.341 e. The number of carbonyl (C=O) groups excluding carboxylic acids is 1. The monoisotopic (exact) mass is 309 g/mol. The molecule has 0 heterocycles. The van der Waals surface area contributed by atoms with Crippen molar-refractivity contribution in [1.29, 1.82) is 0 Å². The van der Waals surface area contributed by atoms with Crippen LogP contribution in [-0.2, 0) is 4.79 Å². The summed E-state index contributed by atoms with van der Waals surface area (Å²) in [5, 5.41) is 0. The van der Waals surface area contributed by atoms with Gasteiger partial charge in [-0.05, 0) is 17.9 Å². The number of hydrogen-bond donors (Lipinski definition) is 0. The highest BCUT2D eigenvalue weighted by Crippen LogP contribution is 2.29. The fourth-order valence-corrected chi connectivity index (χ4v) is 2.79. The smallest absolute Gasteiger partial charge is 0.230 e. The van der Waals surface area contributed by atoms with E-state index in [4.69, 9.17) is 11.6 Å². The second kappa shape index (κ2) is 9.83. The second-order valence-electron chi connectivity index (χ2n) is 5.64. The molecule has 2 nitrogen and oxygen atoms in total. The van der Waals surface area contributed by atoms with E-state index in [-0.39, 0.29) is 11.8 Å². The van der Waals surface area contributed by atoms with E-state index in [9.17, 15) is 4.79 Å². The number of benzene rings is 1. The fraction of sp³-hybridized carbons (Fsp3) is 0.611. The summed E-state index contributed by atoms with van der Waals surface area (Å²) in [5.41, 5.74) is 1.12. The van der Waals surface area contributed by atoms with Crippen molar-refractivity contribution >= 4 is 17.5 Å². The Kier molecular flexibility index (Phi) is 8.44. The molecule has 21 heavy (non-hydrogen) atoms. The van der Waals surface area contributed by atoms with Gasteiger partial charge in [-0.2, -0.15) is 0 Å². The Morgan fingerprint density at radius 2 is 1.86 bits per heavy atom. The molecule has 0 aromatic heterocycles. The minimum atomic E-state index is -0.0590. The summed E-state index contributed by atoms with van der Waals surface area (Å²) in [7, 11) is 0. The van der Waals surface area contributed by atoms with Crippen LogP contribution in [0.3, 0.4) is 0 Å². The molecule has 3 heteroatoms. The maximum Gasteiger partial charge on any atom is 0.230 e. The summed E-state index contributed by atoms with van der Waals surface area (Å²) in [6.45, 7) is 7.90. The van der Waals surface area contributed by atoms with Crippen molar-refractivity contribution in [3.63, 3.8) is 0 Å². The Morgan fingerprint density at radius 1 is 1.19 bits per heavy atom. The SMILES string of the molecule is CCCCN(CCCl)C(=O)C(c1ccccc1)C(C)CC. The highest BCUT2D eigenvalue weighted by Gasteiger charge is 2.29. The van der Waals surface area contributed by atoms with Crippen molar-refractivity contribution < 1.29 is 4.79 Å². The van der Waals surface area contributed by atoms with Gasteiger partial charge in [-0.3, -0.25) is 4.79 Å². The van der Waals surface area contributed by atoms with Crippen molar-refractivity contribution in [2.24, 2.45) is 5.92 Å². The quantitative estimate of drug-likeness (QED) is 0.606. The Bertz CT molecular complexity index is 407. The van der Waals surface area contributed by atoms with E-state index >= 15 is 0 Å². The first-order valence-electron chi connectivity index (χ1n) is 8.05. The first-order valence-corrected chi connectivity index (χ1v) is 8.58. The van der Waals surface area contributed by atoms with Crippen LogP contribution in [0.15, 0.2) is 30.3 Å². The van der Waals surface area contributed by atoms with Crippen molar-refractivity contribution in [2.45, 2.75) is 46.0 Å². The van der Waals surface area contributed by atoms with Gasteiger partial charge in [0.25, 0.3) is 0 Å². The summed E-state index contributed by atoms with van der Waals surface area (Å²) in [6.07, 6.45) is 3.11. The van der Waals surface area contributed by atoms with Crippen molar-refractivity contribution in [3.8, 4) is 0 Å². The van der Waals surface area contributed by atoms with Gasteiger partial charge in [-0.1, -0.05) is 63.9 Å². The number of alkyl halides is 1. The van der Waals surface area contributed by atoms with Gasteiger partial charge in [0.15, 0.2) is 0 Å². The molecule has 0 aliphatic carbocycles. The fourth-order valence-electron chi connectivity index (χ4n) is 2.59. The first-order chi connectivity index (χ1) is 10.2. The van der Waals surface area contributed by atoms with E-state index in [1.807, 2.05) is 23.1 Å². The number of hydrogen-bond acceptors (Lipinski definition) is 1. The number of amides is 1. The predicted octanol–water partition coefficient (Wildman–Crippen LogP) is 4.68. The summed E-state index contributed by atoms with van der Waals surface area (Å²) < 4.78 is 0. The van der Waals surface area contributed by atoms with E-state index in [1.165, 1.54) is 0 Å². The number of unbranched alkanes of at least 4 members (excludes halogenated alkanes) is 1. The minimum absolute atomic E-state index is 0.0590. The van der Waals surface area contributed by atoms with Gasteiger partial charge in [0, 0.05) is 19.0 Å².